The van der Waals surface area contributed by atoms with Crippen LogP contribution in [0.15, 0.2) is 15.7 Å². The molecule has 0 saturated carbocycles. The second kappa shape index (κ2) is 5.39. The first-order valence-corrected chi connectivity index (χ1v) is 6.41. The van der Waals surface area contributed by atoms with E-state index in [-0.39, 0.29) is 11.9 Å². The van der Waals surface area contributed by atoms with Crippen LogP contribution in [0.3, 0.4) is 0 Å². The number of anilines is 1. The summed E-state index contributed by atoms with van der Waals surface area (Å²) in [5.74, 6) is 0.229. The summed E-state index contributed by atoms with van der Waals surface area (Å²) in [6.07, 6.45) is 3.70. The van der Waals surface area contributed by atoms with E-state index in [4.69, 9.17) is 5.73 Å². The van der Waals surface area contributed by atoms with Gasteiger partial charge in [0.25, 0.3) is 5.56 Å². The van der Waals surface area contributed by atoms with Crippen LogP contribution in [0.1, 0.15) is 26.2 Å². The SMILES string of the molecule is CC(Cn1c(N)cc(=O)[nH]c1=O)N1CCCCC1. The van der Waals surface area contributed by atoms with E-state index in [0.717, 1.165) is 13.1 Å². The molecule has 6 heteroatoms. The average molecular weight is 252 g/mol. The first kappa shape index (κ1) is 12.9. The zero-order valence-electron chi connectivity index (χ0n) is 10.7. The molecule has 2 heterocycles. The molecule has 18 heavy (non-hydrogen) atoms. The van der Waals surface area contributed by atoms with Crippen molar-refractivity contribution in [2.24, 2.45) is 0 Å². The van der Waals surface area contributed by atoms with Crippen LogP contribution in [-0.2, 0) is 6.54 Å². The molecule has 6 nitrogen and oxygen atoms in total. The zero-order valence-corrected chi connectivity index (χ0v) is 10.7. The number of nitrogens with two attached hydrogens (primary N) is 1. The minimum absolute atomic E-state index is 0.229. The van der Waals surface area contributed by atoms with Crippen LogP contribution in [-0.4, -0.2) is 33.6 Å². The highest BCUT2D eigenvalue weighted by Crippen LogP contribution is 2.13. The van der Waals surface area contributed by atoms with Gasteiger partial charge in [0.05, 0.1) is 0 Å². The number of piperidine rings is 1. The molecule has 1 aromatic heterocycles. The van der Waals surface area contributed by atoms with Crippen molar-refractivity contribution < 1.29 is 0 Å². The molecule has 0 radical (unpaired) electrons. The van der Waals surface area contributed by atoms with Gasteiger partial charge in [0.15, 0.2) is 0 Å². The van der Waals surface area contributed by atoms with E-state index in [0.29, 0.717) is 6.54 Å². The number of aromatic nitrogens is 2. The van der Waals surface area contributed by atoms with Gasteiger partial charge in [0.1, 0.15) is 5.82 Å². The number of H-pyrrole nitrogens is 1. The highest BCUT2D eigenvalue weighted by Gasteiger charge is 2.18. The molecule has 1 atom stereocenters. The van der Waals surface area contributed by atoms with E-state index < -0.39 is 11.2 Å². The molecule has 100 valence electrons. The maximum Gasteiger partial charge on any atom is 0.329 e. The lowest BCUT2D eigenvalue weighted by molar-refractivity contribution is 0.159. The Balaban J connectivity index is 2.13. The fourth-order valence-corrected chi connectivity index (χ4v) is 2.47. The van der Waals surface area contributed by atoms with Crippen molar-refractivity contribution in [1.29, 1.82) is 0 Å². The normalized spacial score (nSPS) is 18.7. The molecule has 1 unspecified atom stereocenters. The van der Waals surface area contributed by atoms with Crippen LogP contribution >= 0.6 is 0 Å². The van der Waals surface area contributed by atoms with Crippen LogP contribution in [0.2, 0.25) is 0 Å². The fourth-order valence-electron chi connectivity index (χ4n) is 2.47. The van der Waals surface area contributed by atoms with Gasteiger partial charge in [0.2, 0.25) is 0 Å². The molecular weight excluding hydrogens is 232 g/mol. The van der Waals surface area contributed by atoms with Gasteiger partial charge in [-0.2, -0.15) is 0 Å². The van der Waals surface area contributed by atoms with Gasteiger partial charge in [-0.1, -0.05) is 6.42 Å². The Morgan fingerprint density at radius 1 is 1.33 bits per heavy atom. The molecule has 0 spiro atoms. The van der Waals surface area contributed by atoms with Gasteiger partial charge in [0, 0.05) is 18.7 Å². The molecule has 0 bridgehead atoms. The Morgan fingerprint density at radius 2 is 2.00 bits per heavy atom. The summed E-state index contributed by atoms with van der Waals surface area (Å²) in [7, 11) is 0. The summed E-state index contributed by atoms with van der Waals surface area (Å²) >= 11 is 0. The van der Waals surface area contributed by atoms with Crippen molar-refractivity contribution in [1.82, 2.24) is 14.5 Å². The second-order valence-electron chi connectivity index (χ2n) is 4.92. The van der Waals surface area contributed by atoms with Crippen molar-refractivity contribution in [3.8, 4) is 0 Å². The van der Waals surface area contributed by atoms with Gasteiger partial charge in [-0.3, -0.25) is 19.2 Å². The monoisotopic (exact) mass is 252 g/mol. The highest BCUT2D eigenvalue weighted by atomic mass is 16.2. The molecule has 1 saturated heterocycles. The Labute approximate surface area is 105 Å². The smallest absolute Gasteiger partial charge is 0.329 e. The Morgan fingerprint density at radius 3 is 2.61 bits per heavy atom. The Hall–Kier alpha value is -1.56. The summed E-state index contributed by atoms with van der Waals surface area (Å²) in [6.45, 7) is 4.74. The number of nitrogen functional groups attached to an aromatic ring is 1. The van der Waals surface area contributed by atoms with E-state index in [1.165, 1.54) is 29.9 Å². The molecule has 3 N–H and O–H groups in total. The predicted molar refractivity (Wildman–Crippen MR) is 70.6 cm³/mol. The number of nitrogens with one attached hydrogen (secondary N) is 1. The van der Waals surface area contributed by atoms with Gasteiger partial charge < -0.3 is 5.73 Å². The summed E-state index contributed by atoms with van der Waals surface area (Å²) in [4.78, 5) is 27.4. The standard InChI is InChI=1S/C12H20N4O2/c1-9(15-5-3-2-4-6-15)8-16-10(13)7-11(17)14-12(16)18/h7,9H,2-6,8,13H2,1H3,(H,14,17,18). The third kappa shape index (κ3) is 2.81. The summed E-state index contributed by atoms with van der Waals surface area (Å²) in [5.41, 5.74) is 4.85. The third-order valence-corrected chi connectivity index (χ3v) is 3.53. The predicted octanol–water partition coefficient (Wildman–Crippen LogP) is -0.00680. The van der Waals surface area contributed by atoms with Crippen molar-refractivity contribution >= 4 is 5.82 Å². The van der Waals surface area contributed by atoms with Crippen LogP contribution in [0, 0.1) is 0 Å². The lowest BCUT2D eigenvalue weighted by Gasteiger charge is -2.32. The molecule has 0 aliphatic carbocycles. The molecule has 1 aliphatic rings. The minimum Gasteiger partial charge on any atom is -0.385 e. The summed E-state index contributed by atoms with van der Waals surface area (Å²) < 4.78 is 1.43. The molecule has 1 fully saturated rings. The maximum absolute atomic E-state index is 11.7. The van der Waals surface area contributed by atoms with Crippen molar-refractivity contribution in [3.63, 3.8) is 0 Å². The molecular formula is C12H20N4O2. The summed E-state index contributed by atoms with van der Waals surface area (Å²) in [5, 5.41) is 0. The number of likely N-dealkylation sites (tertiary alicyclic amines) is 1. The fraction of sp³-hybridized carbons (Fsp3) is 0.667. The minimum atomic E-state index is -0.445. The Bertz CT molecular complexity index is 514. The van der Waals surface area contributed by atoms with Crippen LogP contribution < -0.4 is 17.0 Å². The van der Waals surface area contributed by atoms with E-state index in [1.54, 1.807) is 0 Å². The molecule has 1 aromatic rings. The molecule has 0 aromatic carbocycles. The Kier molecular flexibility index (Phi) is 3.86. The number of hydrogen-bond acceptors (Lipinski definition) is 4. The lowest BCUT2D eigenvalue weighted by Crippen LogP contribution is -2.43. The van der Waals surface area contributed by atoms with Crippen LogP contribution in [0.5, 0.6) is 0 Å². The van der Waals surface area contributed by atoms with E-state index in [9.17, 15) is 9.59 Å². The number of nitrogens with zero attached hydrogens (tertiary/aromatic N) is 2. The number of rotatable bonds is 3. The molecule has 2 rings (SSSR count). The first-order valence-electron chi connectivity index (χ1n) is 6.41. The first-order chi connectivity index (χ1) is 8.58. The van der Waals surface area contributed by atoms with Gasteiger partial charge in [-0.05, 0) is 32.9 Å². The van der Waals surface area contributed by atoms with E-state index in [2.05, 4.69) is 16.8 Å². The van der Waals surface area contributed by atoms with E-state index >= 15 is 0 Å². The van der Waals surface area contributed by atoms with Crippen molar-refractivity contribution in [3.05, 3.63) is 26.9 Å². The number of hydrogen-bond donors (Lipinski definition) is 2. The van der Waals surface area contributed by atoms with Gasteiger partial charge in [-0.25, -0.2) is 4.79 Å². The average Bonchev–Trinajstić information content (AvgIpc) is 2.34. The topological polar surface area (TPSA) is 84.1 Å². The molecule has 1 aliphatic heterocycles. The number of aromatic amines is 1. The quantitative estimate of drug-likeness (QED) is 0.792. The van der Waals surface area contributed by atoms with Gasteiger partial charge in [-0.15, -0.1) is 0 Å². The maximum atomic E-state index is 11.7. The largest absolute Gasteiger partial charge is 0.385 e. The molecule has 0 amide bonds. The summed E-state index contributed by atoms with van der Waals surface area (Å²) in [6, 6.07) is 1.50. The van der Waals surface area contributed by atoms with E-state index in [1.807, 2.05) is 0 Å². The zero-order chi connectivity index (χ0) is 13.1. The third-order valence-electron chi connectivity index (χ3n) is 3.53. The second-order valence-corrected chi connectivity index (χ2v) is 4.92. The van der Waals surface area contributed by atoms with Crippen LogP contribution in [0.4, 0.5) is 5.82 Å². The highest BCUT2D eigenvalue weighted by molar-refractivity contribution is 5.26. The van der Waals surface area contributed by atoms with Crippen LogP contribution in [0.25, 0.3) is 0 Å². The van der Waals surface area contributed by atoms with Crippen molar-refractivity contribution in [2.45, 2.75) is 38.8 Å². The van der Waals surface area contributed by atoms with Crippen molar-refractivity contribution in [2.75, 3.05) is 18.8 Å². The van der Waals surface area contributed by atoms with Gasteiger partial charge >= 0.3 is 5.69 Å². The lowest BCUT2D eigenvalue weighted by atomic mass is 10.1.